The number of hydrogen-bond acceptors (Lipinski definition) is 6. The third kappa shape index (κ3) is 3.23. The maximum atomic E-state index is 6.75. The van der Waals surface area contributed by atoms with Gasteiger partial charge in [-0.1, -0.05) is 104 Å². The molecule has 3 aromatic heterocycles. The summed E-state index contributed by atoms with van der Waals surface area (Å²) in [5.41, 5.74) is 8.42. The van der Waals surface area contributed by atoms with Crippen LogP contribution in [0.3, 0.4) is 0 Å². The Kier molecular flexibility index (Phi) is 4.97. The van der Waals surface area contributed by atoms with Crippen molar-refractivity contribution in [3.8, 4) is 11.3 Å². The molecule has 4 aromatic carbocycles. The molecule has 6 heteroatoms. The van der Waals surface area contributed by atoms with Crippen LogP contribution in [0.2, 0.25) is 0 Å². The highest BCUT2D eigenvalue weighted by Crippen LogP contribution is 2.66. The number of furan rings is 1. The first-order valence-corrected chi connectivity index (χ1v) is 16.9. The van der Waals surface area contributed by atoms with Crippen LogP contribution in [0.25, 0.3) is 50.0 Å². The van der Waals surface area contributed by atoms with Crippen molar-refractivity contribution in [2.45, 2.75) is 22.6 Å². The molecule has 7 aromatic rings. The number of hydrogen-bond donors (Lipinski definition) is 0. The van der Waals surface area contributed by atoms with E-state index in [1.807, 2.05) is 30.2 Å². The molecule has 11 rings (SSSR count). The third-order valence-corrected chi connectivity index (χ3v) is 11.9. The molecule has 3 aliphatic carbocycles. The highest BCUT2D eigenvalue weighted by atomic mass is 32.2. The van der Waals surface area contributed by atoms with Gasteiger partial charge in [0.25, 0.3) is 0 Å². The lowest BCUT2D eigenvalue weighted by molar-refractivity contribution is 0.550. The zero-order valence-electron chi connectivity index (χ0n) is 25.4. The smallest absolute Gasteiger partial charge is 0.235 e. The van der Waals surface area contributed by atoms with Crippen molar-refractivity contribution in [1.82, 2.24) is 15.0 Å². The number of allylic oxidation sites excluding steroid dienone is 5. The van der Waals surface area contributed by atoms with Crippen molar-refractivity contribution in [2.24, 2.45) is 5.92 Å². The van der Waals surface area contributed by atoms with Crippen LogP contribution in [0.4, 0.5) is 11.6 Å². The Hall–Kier alpha value is -5.46. The van der Waals surface area contributed by atoms with Gasteiger partial charge in [0, 0.05) is 45.5 Å². The SMILES string of the molecule is CC1c2c(oc3nc(N4c5ccccc5SC45c4cccc6ccc7cccc5c7c46)nc(-c4cccnc4)c23)C=C2C=CC=CC21. The highest BCUT2D eigenvalue weighted by molar-refractivity contribution is 8.01. The van der Waals surface area contributed by atoms with E-state index < -0.39 is 4.87 Å². The number of fused-ring (bicyclic) bond motifs is 7. The Morgan fingerprint density at radius 1 is 0.809 bits per heavy atom. The molecular formula is C41H26N4OS. The maximum Gasteiger partial charge on any atom is 0.235 e. The number of anilines is 2. The molecule has 4 heterocycles. The van der Waals surface area contributed by atoms with Gasteiger partial charge in [0.1, 0.15) is 5.76 Å². The minimum absolute atomic E-state index is 0.200. The summed E-state index contributed by atoms with van der Waals surface area (Å²) in [5, 5.41) is 6.06. The Labute approximate surface area is 275 Å². The van der Waals surface area contributed by atoms with Crippen LogP contribution in [0.1, 0.15) is 35.3 Å². The zero-order chi connectivity index (χ0) is 30.9. The van der Waals surface area contributed by atoms with E-state index in [0.29, 0.717) is 11.7 Å². The molecule has 0 bridgehead atoms. The predicted molar refractivity (Wildman–Crippen MR) is 190 cm³/mol. The van der Waals surface area contributed by atoms with Gasteiger partial charge in [-0.3, -0.25) is 9.88 Å². The molecule has 222 valence electrons. The molecule has 4 aliphatic rings. The number of rotatable bonds is 2. The second kappa shape index (κ2) is 9.08. The molecule has 0 radical (unpaired) electrons. The van der Waals surface area contributed by atoms with Crippen LogP contribution in [0.5, 0.6) is 0 Å². The number of para-hydroxylation sites is 1. The molecule has 5 nitrogen and oxygen atoms in total. The first-order valence-electron chi connectivity index (χ1n) is 16.1. The average molecular weight is 623 g/mol. The lowest BCUT2D eigenvalue weighted by atomic mass is 9.75. The van der Waals surface area contributed by atoms with Crippen LogP contribution in [0, 0.1) is 5.92 Å². The van der Waals surface area contributed by atoms with Crippen LogP contribution in [-0.2, 0) is 4.87 Å². The van der Waals surface area contributed by atoms with E-state index in [1.54, 1.807) is 0 Å². The number of aromatic nitrogens is 3. The molecule has 0 fully saturated rings. The van der Waals surface area contributed by atoms with Crippen molar-refractivity contribution in [3.05, 3.63) is 150 Å². The molecule has 0 saturated carbocycles. The Balaban J connectivity index is 1.24. The highest BCUT2D eigenvalue weighted by Gasteiger charge is 2.54. The Bertz CT molecular complexity index is 2540. The van der Waals surface area contributed by atoms with Gasteiger partial charge in [0.2, 0.25) is 11.7 Å². The molecule has 2 atom stereocenters. The van der Waals surface area contributed by atoms with E-state index >= 15 is 0 Å². The van der Waals surface area contributed by atoms with E-state index in [9.17, 15) is 0 Å². The topological polar surface area (TPSA) is 55.1 Å². The van der Waals surface area contributed by atoms with Crippen LogP contribution < -0.4 is 4.90 Å². The Morgan fingerprint density at radius 3 is 2.40 bits per heavy atom. The summed E-state index contributed by atoms with van der Waals surface area (Å²) in [6.07, 6.45) is 14.6. The summed E-state index contributed by atoms with van der Waals surface area (Å²) >= 11 is 1.88. The van der Waals surface area contributed by atoms with Gasteiger partial charge in [-0.2, -0.15) is 4.98 Å². The second-order valence-electron chi connectivity index (χ2n) is 12.8. The van der Waals surface area contributed by atoms with Gasteiger partial charge in [-0.25, -0.2) is 4.98 Å². The number of nitrogens with zero attached hydrogens (tertiary/aromatic N) is 4. The van der Waals surface area contributed by atoms with Gasteiger partial charge in [-0.05, 0) is 63.4 Å². The number of thioether (sulfide) groups is 1. The van der Waals surface area contributed by atoms with Gasteiger partial charge in [0.15, 0.2) is 4.87 Å². The van der Waals surface area contributed by atoms with Gasteiger partial charge in [-0.15, -0.1) is 0 Å². The van der Waals surface area contributed by atoms with Crippen molar-refractivity contribution >= 4 is 62.1 Å². The van der Waals surface area contributed by atoms with Crippen LogP contribution in [-0.4, -0.2) is 15.0 Å². The lowest BCUT2D eigenvalue weighted by Crippen LogP contribution is -2.38. The van der Waals surface area contributed by atoms with Crippen molar-refractivity contribution in [1.29, 1.82) is 0 Å². The Morgan fingerprint density at radius 2 is 1.62 bits per heavy atom. The summed E-state index contributed by atoms with van der Waals surface area (Å²) < 4.78 is 6.75. The van der Waals surface area contributed by atoms with E-state index in [-0.39, 0.29) is 11.8 Å². The summed E-state index contributed by atoms with van der Waals surface area (Å²) in [5.74, 6) is 1.95. The zero-order valence-corrected chi connectivity index (χ0v) is 26.2. The second-order valence-corrected chi connectivity index (χ2v) is 14.0. The monoisotopic (exact) mass is 622 g/mol. The molecule has 0 amide bonds. The van der Waals surface area contributed by atoms with Crippen molar-refractivity contribution in [3.63, 3.8) is 0 Å². The van der Waals surface area contributed by atoms with E-state index in [0.717, 1.165) is 33.7 Å². The molecular weight excluding hydrogens is 597 g/mol. The lowest BCUT2D eigenvalue weighted by Gasteiger charge is -2.37. The fourth-order valence-electron chi connectivity index (χ4n) is 8.47. The number of benzene rings is 4. The molecule has 1 aliphatic heterocycles. The van der Waals surface area contributed by atoms with Crippen molar-refractivity contribution < 1.29 is 4.42 Å². The molecule has 47 heavy (non-hydrogen) atoms. The first kappa shape index (κ1) is 25.7. The predicted octanol–water partition coefficient (Wildman–Crippen LogP) is 10.3. The van der Waals surface area contributed by atoms with Crippen LogP contribution >= 0.6 is 11.8 Å². The molecule has 2 unspecified atom stereocenters. The number of pyridine rings is 1. The molecule has 1 spiro atoms. The standard InChI is InChI=1S/C41H26N4OS/c1-23-28-13-3-2-9-26(28)21-32-34(23)37-38(27-12-8-20-42-22-27)43-40(44-39(37)46-32)45-31-16-4-5-17-33(31)47-41(45)29-14-6-10-24-18-19-25-11-7-15-30(41)36(25)35(24)29/h2-23,28H,1H3. The normalized spacial score (nSPS) is 19.6. The molecule has 0 saturated heterocycles. The fourth-order valence-corrected chi connectivity index (χ4v) is 10.0. The average Bonchev–Trinajstić information content (AvgIpc) is 3.76. The summed E-state index contributed by atoms with van der Waals surface area (Å²) in [7, 11) is 0. The van der Waals surface area contributed by atoms with Gasteiger partial charge in [0.05, 0.1) is 16.8 Å². The van der Waals surface area contributed by atoms with Crippen molar-refractivity contribution in [2.75, 3.05) is 4.90 Å². The maximum absolute atomic E-state index is 6.75. The fraction of sp³-hybridized carbons (Fsp3) is 0.0976. The van der Waals surface area contributed by atoms with Gasteiger partial charge >= 0.3 is 0 Å². The van der Waals surface area contributed by atoms with Gasteiger partial charge < -0.3 is 4.42 Å². The summed E-state index contributed by atoms with van der Waals surface area (Å²) in [6, 6.07) is 30.6. The molecule has 0 N–H and O–H groups in total. The largest absolute Gasteiger partial charge is 0.438 e. The van der Waals surface area contributed by atoms with E-state index in [4.69, 9.17) is 14.4 Å². The minimum Gasteiger partial charge on any atom is -0.438 e. The van der Waals surface area contributed by atoms with Crippen LogP contribution in [0.15, 0.2) is 137 Å². The minimum atomic E-state index is -0.599. The quantitative estimate of drug-likeness (QED) is 0.179. The van der Waals surface area contributed by atoms with E-state index in [2.05, 4.69) is 126 Å². The van der Waals surface area contributed by atoms with E-state index in [1.165, 1.54) is 43.1 Å². The first-order chi connectivity index (χ1) is 23.2. The summed E-state index contributed by atoms with van der Waals surface area (Å²) in [6.45, 7) is 2.29. The summed E-state index contributed by atoms with van der Waals surface area (Å²) in [4.78, 5) is 18.4. The third-order valence-electron chi connectivity index (χ3n) is 10.4.